The SMILES string of the molecule is CN(C)C(CNC(=O)c1ccc(S(=O)(=O)c2ccccc2)o1)c1ccc(Cl)cc1. The Labute approximate surface area is 175 Å². The molecule has 3 rings (SSSR count). The summed E-state index contributed by atoms with van der Waals surface area (Å²) in [5.41, 5.74) is 0.992. The summed E-state index contributed by atoms with van der Waals surface area (Å²) in [6, 6.07) is 17.9. The van der Waals surface area contributed by atoms with E-state index in [0.29, 0.717) is 11.6 Å². The fourth-order valence-corrected chi connectivity index (χ4v) is 4.18. The molecule has 0 aliphatic carbocycles. The highest BCUT2D eigenvalue weighted by Gasteiger charge is 2.24. The first-order valence-corrected chi connectivity index (χ1v) is 10.7. The molecule has 1 heterocycles. The van der Waals surface area contributed by atoms with Gasteiger partial charge in [0.05, 0.1) is 10.9 Å². The quantitative estimate of drug-likeness (QED) is 0.614. The average molecular weight is 433 g/mol. The molecule has 2 aromatic carbocycles. The van der Waals surface area contributed by atoms with Crippen LogP contribution in [0.25, 0.3) is 0 Å². The zero-order chi connectivity index (χ0) is 21.0. The molecule has 0 saturated carbocycles. The lowest BCUT2D eigenvalue weighted by atomic mass is 10.1. The standard InChI is InChI=1S/C21H21ClN2O4S/c1-24(2)18(15-8-10-16(22)11-9-15)14-23-21(25)19-12-13-20(28-19)29(26,27)17-6-4-3-5-7-17/h3-13,18H,14H2,1-2H3,(H,23,25). The minimum Gasteiger partial charge on any atom is -0.439 e. The van der Waals surface area contributed by atoms with Crippen LogP contribution in [-0.2, 0) is 9.84 Å². The molecule has 1 unspecified atom stereocenters. The van der Waals surface area contributed by atoms with E-state index in [2.05, 4.69) is 5.32 Å². The number of benzene rings is 2. The molecule has 1 aromatic heterocycles. The van der Waals surface area contributed by atoms with Gasteiger partial charge < -0.3 is 14.6 Å². The number of sulfone groups is 1. The molecule has 0 radical (unpaired) electrons. The van der Waals surface area contributed by atoms with Crippen LogP contribution >= 0.6 is 11.6 Å². The van der Waals surface area contributed by atoms with Crippen LogP contribution in [0.5, 0.6) is 0 Å². The maximum absolute atomic E-state index is 12.6. The topological polar surface area (TPSA) is 79.6 Å². The number of nitrogens with one attached hydrogen (secondary N) is 1. The maximum atomic E-state index is 12.6. The van der Waals surface area contributed by atoms with Crippen molar-refractivity contribution in [1.82, 2.24) is 10.2 Å². The van der Waals surface area contributed by atoms with Gasteiger partial charge in [0.15, 0.2) is 5.76 Å². The molecule has 1 atom stereocenters. The fraction of sp³-hybridized carbons (Fsp3) is 0.190. The summed E-state index contributed by atoms with van der Waals surface area (Å²) in [5, 5.41) is 3.17. The Morgan fingerprint density at radius 3 is 2.31 bits per heavy atom. The Morgan fingerprint density at radius 2 is 1.69 bits per heavy atom. The molecule has 29 heavy (non-hydrogen) atoms. The Morgan fingerprint density at radius 1 is 1.03 bits per heavy atom. The van der Waals surface area contributed by atoms with Crippen LogP contribution in [0.3, 0.4) is 0 Å². The van der Waals surface area contributed by atoms with Gasteiger partial charge >= 0.3 is 0 Å². The second-order valence-electron chi connectivity index (χ2n) is 6.68. The minimum absolute atomic E-state index is 0.0619. The van der Waals surface area contributed by atoms with Crippen LogP contribution in [0.4, 0.5) is 0 Å². The van der Waals surface area contributed by atoms with Crippen molar-refractivity contribution in [3.8, 4) is 0 Å². The molecule has 0 aliphatic rings. The van der Waals surface area contributed by atoms with Crippen molar-refractivity contribution >= 4 is 27.3 Å². The van der Waals surface area contributed by atoms with Crippen molar-refractivity contribution in [3.05, 3.63) is 83.1 Å². The van der Waals surface area contributed by atoms with E-state index in [0.717, 1.165) is 5.56 Å². The fourth-order valence-electron chi connectivity index (χ4n) is 2.86. The van der Waals surface area contributed by atoms with E-state index in [4.69, 9.17) is 16.0 Å². The lowest BCUT2D eigenvalue weighted by molar-refractivity contribution is 0.0909. The summed E-state index contributed by atoms with van der Waals surface area (Å²) in [4.78, 5) is 14.6. The third-order valence-corrected chi connectivity index (χ3v) is 6.35. The van der Waals surface area contributed by atoms with Gasteiger partial charge in [-0.15, -0.1) is 0 Å². The highest BCUT2D eigenvalue weighted by Crippen LogP contribution is 2.23. The zero-order valence-electron chi connectivity index (χ0n) is 16.0. The molecule has 0 spiro atoms. The van der Waals surface area contributed by atoms with Crippen LogP contribution in [0, 0.1) is 0 Å². The van der Waals surface area contributed by atoms with E-state index in [1.165, 1.54) is 24.3 Å². The number of likely N-dealkylation sites (N-methyl/N-ethyl adjacent to an activating group) is 1. The van der Waals surface area contributed by atoms with Crippen molar-refractivity contribution in [2.45, 2.75) is 16.0 Å². The Balaban J connectivity index is 1.72. The first-order chi connectivity index (χ1) is 13.8. The Kier molecular flexibility index (Phi) is 6.42. The van der Waals surface area contributed by atoms with Crippen LogP contribution in [0.1, 0.15) is 22.2 Å². The molecule has 0 bridgehead atoms. The summed E-state index contributed by atoms with van der Waals surface area (Å²) >= 11 is 5.94. The first-order valence-electron chi connectivity index (χ1n) is 8.89. The van der Waals surface area contributed by atoms with Gasteiger partial charge in [-0.3, -0.25) is 4.79 Å². The van der Waals surface area contributed by atoms with E-state index in [1.54, 1.807) is 30.3 Å². The van der Waals surface area contributed by atoms with E-state index in [1.807, 2.05) is 31.1 Å². The maximum Gasteiger partial charge on any atom is 0.287 e. The second-order valence-corrected chi connectivity index (χ2v) is 8.99. The molecule has 1 amide bonds. The van der Waals surface area contributed by atoms with Gasteiger partial charge in [0.25, 0.3) is 5.91 Å². The van der Waals surface area contributed by atoms with Crippen molar-refractivity contribution in [1.29, 1.82) is 0 Å². The van der Waals surface area contributed by atoms with Gasteiger partial charge in [-0.2, -0.15) is 0 Å². The number of carbonyl (C=O) groups excluding carboxylic acids is 1. The predicted octanol–water partition coefficient (Wildman–Crippen LogP) is 3.80. The van der Waals surface area contributed by atoms with E-state index >= 15 is 0 Å². The molecule has 8 heteroatoms. The monoisotopic (exact) mass is 432 g/mol. The summed E-state index contributed by atoms with van der Waals surface area (Å²) in [6.07, 6.45) is 0. The van der Waals surface area contributed by atoms with E-state index in [-0.39, 0.29) is 21.8 Å². The Hall–Kier alpha value is -2.61. The van der Waals surface area contributed by atoms with Crippen LogP contribution < -0.4 is 5.32 Å². The highest BCUT2D eigenvalue weighted by atomic mass is 35.5. The number of amides is 1. The molecular formula is C21H21ClN2O4S. The molecule has 0 fully saturated rings. The number of nitrogens with zero attached hydrogens (tertiary/aromatic N) is 1. The number of halogens is 1. The van der Waals surface area contributed by atoms with Crippen molar-refractivity contribution in [3.63, 3.8) is 0 Å². The van der Waals surface area contributed by atoms with Gasteiger partial charge in [-0.1, -0.05) is 41.9 Å². The smallest absolute Gasteiger partial charge is 0.287 e. The van der Waals surface area contributed by atoms with Gasteiger partial charge in [0.2, 0.25) is 14.9 Å². The van der Waals surface area contributed by atoms with E-state index in [9.17, 15) is 13.2 Å². The lowest BCUT2D eigenvalue weighted by Crippen LogP contribution is -2.34. The molecule has 6 nitrogen and oxygen atoms in total. The third kappa shape index (κ3) is 4.87. The largest absolute Gasteiger partial charge is 0.439 e. The van der Waals surface area contributed by atoms with E-state index < -0.39 is 15.7 Å². The van der Waals surface area contributed by atoms with Crippen molar-refractivity contribution in [2.75, 3.05) is 20.6 Å². The molecule has 0 saturated heterocycles. The lowest BCUT2D eigenvalue weighted by Gasteiger charge is -2.25. The second kappa shape index (κ2) is 8.82. The molecule has 3 aromatic rings. The minimum atomic E-state index is -3.81. The Bertz CT molecular complexity index is 1080. The van der Waals surface area contributed by atoms with Crippen molar-refractivity contribution < 1.29 is 17.6 Å². The molecular weight excluding hydrogens is 412 g/mol. The number of hydrogen-bond donors (Lipinski definition) is 1. The average Bonchev–Trinajstić information content (AvgIpc) is 3.21. The predicted molar refractivity (Wildman–Crippen MR) is 111 cm³/mol. The summed E-state index contributed by atoms with van der Waals surface area (Å²) < 4.78 is 30.5. The van der Waals surface area contributed by atoms with Crippen molar-refractivity contribution in [2.24, 2.45) is 0 Å². The van der Waals surface area contributed by atoms with Gasteiger partial charge in [-0.05, 0) is 56.1 Å². The van der Waals surface area contributed by atoms with Gasteiger partial charge in [-0.25, -0.2) is 8.42 Å². The number of furan rings is 1. The van der Waals surface area contributed by atoms with Gasteiger partial charge in [0.1, 0.15) is 0 Å². The number of hydrogen-bond acceptors (Lipinski definition) is 5. The normalized spacial score (nSPS) is 12.7. The highest BCUT2D eigenvalue weighted by molar-refractivity contribution is 7.91. The third-order valence-electron chi connectivity index (χ3n) is 4.46. The summed E-state index contributed by atoms with van der Waals surface area (Å²) in [6.45, 7) is 0.314. The summed E-state index contributed by atoms with van der Waals surface area (Å²) in [5.74, 6) is -0.548. The zero-order valence-corrected chi connectivity index (χ0v) is 17.6. The van der Waals surface area contributed by atoms with Crippen LogP contribution in [-0.4, -0.2) is 39.9 Å². The van der Waals surface area contributed by atoms with Gasteiger partial charge in [0, 0.05) is 11.6 Å². The summed E-state index contributed by atoms with van der Waals surface area (Å²) in [7, 11) is 0.000389. The number of rotatable bonds is 7. The first kappa shape index (κ1) is 21.1. The molecule has 1 N–H and O–H groups in total. The van der Waals surface area contributed by atoms with Crippen LogP contribution in [0.2, 0.25) is 5.02 Å². The molecule has 0 aliphatic heterocycles. The number of carbonyl (C=O) groups is 1. The molecule has 152 valence electrons. The van der Waals surface area contributed by atoms with Crippen LogP contribution in [0.15, 0.2) is 81.1 Å².